The van der Waals surface area contributed by atoms with E-state index in [1.807, 2.05) is 0 Å². The summed E-state index contributed by atoms with van der Waals surface area (Å²) in [5, 5.41) is 9.83. The first-order valence-electron chi connectivity index (χ1n) is 5.63. The van der Waals surface area contributed by atoms with E-state index >= 15 is 0 Å². The van der Waals surface area contributed by atoms with Gasteiger partial charge in [-0.15, -0.1) is 0 Å². The summed E-state index contributed by atoms with van der Waals surface area (Å²) >= 11 is 0. The highest BCUT2D eigenvalue weighted by molar-refractivity contribution is 5.64. The molecule has 0 saturated heterocycles. The summed E-state index contributed by atoms with van der Waals surface area (Å²) in [5.41, 5.74) is 0.232. The molecule has 0 aliphatic heterocycles. The maximum atomic E-state index is 10.8. The van der Waals surface area contributed by atoms with Crippen LogP contribution in [-0.4, -0.2) is 22.3 Å². The Morgan fingerprint density at radius 1 is 1.60 bits per heavy atom. The zero-order chi connectivity index (χ0) is 11.6. The van der Waals surface area contributed by atoms with Gasteiger partial charge >= 0.3 is 6.09 Å². The highest BCUT2D eigenvalue weighted by Gasteiger charge is 2.37. The lowest BCUT2D eigenvalue weighted by atomic mass is 9.67. The number of amides is 1. The predicted octanol–water partition coefficient (Wildman–Crippen LogP) is 2.45. The van der Waals surface area contributed by atoms with Crippen molar-refractivity contribution in [3.05, 3.63) is 0 Å². The molecule has 0 spiro atoms. The van der Waals surface area contributed by atoms with Gasteiger partial charge in [0.1, 0.15) is 0 Å². The molecular formula is C11H22N2O2. The third kappa shape index (κ3) is 2.62. The van der Waals surface area contributed by atoms with Crippen molar-refractivity contribution < 1.29 is 9.90 Å². The second-order valence-electron chi connectivity index (χ2n) is 5.25. The second kappa shape index (κ2) is 4.39. The van der Waals surface area contributed by atoms with Crippen molar-refractivity contribution in [1.29, 1.82) is 0 Å². The van der Waals surface area contributed by atoms with E-state index in [0.29, 0.717) is 5.92 Å². The lowest BCUT2D eigenvalue weighted by molar-refractivity contribution is 0.0529. The van der Waals surface area contributed by atoms with Crippen LogP contribution in [-0.2, 0) is 0 Å². The van der Waals surface area contributed by atoms with Crippen LogP contribution in [0.3, 0.4) is 0 Å². The molecule has 4 heteroatoms. The van der Waals surface area contributed by atoms with Crippen LogP contribution in [0.4, 0.5) is 4.79 Å². The minimum atomic E-state index is -1.02. The van der Waals surface area contributed by atoms with Crippen LogP contribution in [0, 0.1) is 11.3 Å². The maximum absolute atomic E-state index is 10.8. The summed E-state index contributed by atoms with van der Waals surface area (Å²) in [7, 11) is 0. The van der Waals surface area contributed by atoms with E-state index in [1.54, 1.807) is 0 Å². The van der Waals surface area contributed by atoms with Gasteiger partial charge in [0.25, 0.3) is 0 Å². The highest BCUT2D eigenvalue weighted by atomic mass is 16.4. The van der Waals surface area contributed by atoms with E-state index in [1.165, 1.54) is 6.42 Å². The van der Waals surface area contributed by atoms with Gasteiger partial charge in [-0.25, -0.2) is 15.6 Å². The first kappa shape index (κ1) is 12.3. The highest BCUT2D eigenvalue weighted by Crippen LogP contribution is 2.42. The average molecular weight is 214 g/mol. The Kier molecular flexibility index (Phi) is 3.60. The van der Waals surface area contributed by atoms with Gasteiger partial charge < -0.3 is 5.11 Å². The van der Waals surface area contributed by atoms with Crippen LogP contribution >= 0.6 is 0 Å². The van der Waals surface area contributed by atoms with Crippen LogP contribution in [0.5, 0.6) is 0 Å². The molecule has 0 aromatic heterocycles. The van der Waals surface area contributed by atoms with Gasteiger partial charge in [0, 0.05) is 0 Å². The van der Waals surface area contributed by atoms with Gasteiger partial charge in [-0.05, 0) is 30.6 Å². The molecule has 1 amide bonds. The Labute approximate surface area is 91.4 Å². The molecule has 1 aliphatic rings. The molecule has 1 aliphatic carbocycles. The Balaban J connectivity index is 2.67. The Morgan fingerprint density at radius 3 is 2.67 bits per heavy atom. The quantitative estimate of drug-likeness (QED) is 0.421. The summed E-state index contributed by atoms with van der Waals surface area (Å²) in [4.78, 5) is 10.8. The van der Waals surface area contributed by atoms with E-state index in [-0.39, 0.29) is 11.5 Å². The van der Waals surface area contributed by atoms with Gasteiger partial charge in [-0.3, -0.25) is 0 Å². The molecule has 1 rings (SSSR count). The number of nitrogens with two attached hydrogens (primary N) is 1. The summed E-state index contributed by atoms with van der Waals surface area (Å²) in [5.74, 6) is 6.12. The molecule has 1 fully saturated rings. The van der Waals surface area contributed by atoms with E-state index in [2.05, 4.69) is 20.8 Å². The maximum Gasteiger partial charge on any atom is 0.421 e. The summed E-state index contributed by atoms with van der Waals surface area (Å²) in [6, 6.07) is -0.0105. The molecule has 2 atom stereocenters. The molecular weight excluding hydrogens is 192 g/mol. The number of hydrazine groups is 1. The Hall–Kier alpha value is -0.770. The van der Waals surface area contributed by atoms with E-state index < -0.39 is 6.09 Å². The van der Waals surface area contributed by atoms with E-state index in [4.69, 9.17) is 10.9 Å². The van der Waals surface area contributed by atoms with Crippen molar-refractivity contribution in [3.63, 3.8) is 0 Å². The van der Waals surface area contributed by atoms with Crippen molar-refractivity contribution in [1.82, 2.24) is 5.01 Å². The minimum Gasteiger partial charge on any atom is -0.464 e. The van der Waals surface area contributed by atoms with Crippen molar-refractivity contribution in [2.75, 3.05) is 0 Å². The van der Waals surface area contributed by atoms with Crippen molar-refractivity contribution >= 4 is 6.09 Å². The lowest BCUT2D eigenvalue weighted by Gasteiger charge is -2.43. The first-order chi connectivity index (χ1) is 6.87. The fourth-order valence-electron chi connectivity index (χ4n) is 2.40. The third-order valence-corrected chi connectivity index (χ3v) is 4.00. The molecule has 4 nitrogen and oxygen atoms in total. The number of carboxylic acid groups (broad SMARTS) is 1. The molecule has 88 valence electrons. The average Bonchev–Trinajstić information content (AvgIpc) is 2.16. The van der Waals surface area contributed by atoms with Gasteiger partial charge in [-0.1, -0.05) is 27.2 Å². The minimum absolute atomic E-state index is 0.0105. The van der Waals surface area contributed by atoms with E-state index in [0.717, 1.165) is 24.3 Å². The monoisotopic (exact) mass is 214 g/mol. The molecule has 1 saturated carbocycles. The largest absolute Gasteiger partial charge is 0.464 e. The number of hydrogen-bond acceptors (Lipinski definition) is 2. The smallest absolute Gasteiger partial charge is 0.421 e. The zero-order valence-electron chi connectivity index (χ0n) is 9.86. The lowest BCUT2D eigenvalue weighted by Crippen LogP contribution is -2.49. The second-order valence-corrected chi connectivity index (χ2v) is 5.25. The van der Waals surface area contributed by atoms with Gasteiger partial charge in [-0.2, -0.15) is 0 Å². The van der Waals surface area contributed by atoms with Crippen LogP contribution in [0.2, 0.25) is 0 Å². The molecule has 3 N–H and O–H groups in total. The van der Waals surface area contributed by atoms with Crippen LogP contribution in [0.25, 0.3) is 0 Å². The molecule has 0 radical (unpaired) electrons. The fourth-order valence-corrected chi connectivity index (χ4v) is 2.40. The van der Waals surface area contributed by atoms with Crippen LogP contribution in [0.15, 0.2) is 0 Å². The van der Waals surface area contributed by atoms with Gasteiger partial charge in [0.15, 0.2) is 0 Å². The standard InChI is InChI=1S/C11H22N2O2/c1-8(2)11(3)6-4-5-9(7-11)13(12)10(14)15/h8-9H,4-7,12H2,1-3H3,(H,14,15). The van der Waals surface area contributed by atoms with Gasteiger partial charge in [0.05, 0.1) is 6.04 Å². The topological polar surface area (TPSA) is 66.6 Å². The molecule has 0 heterocycles. The van der Waals surface area contributed by atoms with Crippen LogP contribution < -0.4 is 5.84 Å². The van der Waals surface area contributed by atoms with Gasteiger partial charge in [0.2, 0.25) is 0 Å². The van der Waals surface area contributed by atoms with Crippen LogP contribution in [0.1, 0.15) is 46.5 Å². The number of rotatable bonds is 2. The summed E-state index contributed by atoms with van der Waals surface area (Å²) < 4.78 is 0. The number of carbonyl (C=O) groups is 1. The third-order valence-electron chi connectivity index (χ3n) is 4.00. The molecule has 0 bridgehead atoms. The van der Waals surface area contributed by atoms with Crippen molar-refractivity contribution in [2.45, 2.75) is 52.5 Å². The summed E-state index contributed by atoms with van der Waals surface area (Å²) in [6.45, 7) is 6.63. The first-order valence-corrected chi connectivity index (χ1v) is 5.63. The molecule has 0 aromatic rings. The Bertz CT molecular complexity index is 243. The number of hydrogen-bond donors (Lipinski definition) is 2. The zero-order valence-corrected chi connectivity index (χ0v) is 9.86. The fraction of sp³-hybridized carbons (Fsp3) is 0.909. The SMILES string of the molecule is CC(C)C1(C)CCCC(N(N)C(=O)O)C1. The van der Waals surface area contributed by atoms with E-state index in [9.17, 15) is 4.79 Å². The molecule has 15 heavy (non-hydrogen) atoms. The molecule has 2 unspecified atom stereocenters. The van der Waals surface area contributed by atoms with Crippen molar-refractivity contribution in [3.8, 4) is 0 Å². The predicted molar refractivity (Wildman–Crippen MR) is 59.3 cm³/mol. The Morgan fingerprint density at radius 2 is 2.20 bits per heavy atom. The normalized spacial score (nSPS) is 31.7. The summed E-state index contributed by atoms with van der Waals surface area (Å²) in [6.07, 6.45) is 3.00. The van der Waals surface area contributed by atoms with Crippen molar-refractivity contribution in [2.24, 2.45) is 17.2 Å². The molecule has 0 aromatic carbocycles. The number of nitrogens with zero attached hydrogens (tertiary/aromatic N) is 1.